The molecule has 14 heavy (non-hydrogen) atoms. The minimum absolute atomic E-state index is 0.127. The van der Waals surface area contributed by atoms with Crippen molar-refractivity contribution in [2.24, 2.45) is 0 Å². The fourth-order valence-corrected chi connectivity index (χ4v) is 1.88. The van der Waals surface area contributed by atoms with Gasteiger partial charge in [-0.1, -0.05) is 23.2 Å². The number of halogens is 3. The normalized spacial score (nSPS) is 9.64. The van der Waals surface area contributed by atoms with E-state index in [0.29, 0.717) is 9.48 Å². The molecule has 0 saturated carbocycles. The summed E-state index contributed by atoms with van der Waals surface area (Å²) in [4.78, 5) is 15.3. The van der Waals surface area contributed by atoms with Crippen molar-refractivity contribution in [3.63, 3.8) is 0 Å². The van der Waals surface area contributed by atoms with Crippen LogP contribution in [0.25, 0.3) is 0 Å². The lowest BCUT2D eigenvalue weighted by Crippen LogP contribution is -2.23. The first-order valence-electron chi connectivity index (χ1n) is 3.49. The molecule has 0 aliphatic heterocycles. The van der Waals surface area contributed by atoms with E-state index in [4.69, 9.17) is 23.2 Å². The highest BCUT2D eigenvalue weighted by Gasteiger charge is 2.11. The van der Waals surface area contributed by atoms with Crippen LogP contribution in [0.4, 0.5) is 0 Å². The van der Waals surface area contributed by atoms with Crippen LogP contribution < -0.4 is 5.32 Å². The topological polar surface area (TPSA) is 42.0 Å². The molecule has 76 valence electrons. The quantitative estimate of drug-likeness (QED) is 0.931. The lowest BCUT2D eigenvalue weighted by molar-refractivity contribution is 0.0953. The van der Waals surface area contributed by atoms with E-state index in [1.165, 1.54) is 17.4 Å². The molecule has 7 heteroatoms. The molecule has 0 saturated heterocycles. The Morgan fingerprint density at radius 1 is 1.71 bits per heavy atom. The lowest BCUT2D eigenvalue weighted by Gasteiger charge is -1.98. The van der Waals surface area contributed by atoms with Crippen LogP contribution >= 0.6 is 50.5 Å². The first kappa shape index (κ1) is 12.0. The van der Waals surface area contributed by atoms with E-state index < -0.39 is 0 Å². The Morgan fingerprint density at radius 3 is 2.93 bits per heavy atom. The number of hydrogen-bond acceptors (Lipinski definition) is 3. The highest BCUT2D eigenvalue weighted by atomic mass is 79.9. The van der Waals surface area contributed by atoms with Crippen LogP contribution in [0.2, 0.25) is 0 Å². The first-order valence-corrected chi connectivity index (χ1v) is 5.92. The maximum atomic E-state index is 11.4. The third-order valence-corrected chi connectivity index (χ3v) is 3.11. The van der Waals surface area contributed by atoms with Crippen LogP contribution in [0.5, 0.6) is 0 Å². The largest absolute Gasteiger partial charge is 0.347 e. The summed E-state index contributed by atoms with van der Waals surface area (Å²) >= 11 is 15.3. The van der Waals surface area contributed by atoms with Gasteiger partial charge in [-0.15, -0.1) is 11.3 Å². The fourth-order valence-electron chi connectivity index (χ4n) is 0.684. The van der Waals surface area contributed by atoms with E-state index in [1.807, 2.05) is 0 Å². The molecule has 1 aromatic heterocycles. The molecule has 0 radical (unpaired) electrons. The molecule has 1 amide bonds. The number of amides is 1. The zero-order valence-electron chi connectivity index (χ0n) is 6.76. The van der Waals surface area contributed by atoms with Crippen LogP contribution in [0.1, 0.15) is 10.5 Å². The van der Waals surface area contributed by atoms with Crippen molar-refractivity contribution in [3.05, 3.63) is 25.6 Å². The van der Waals surface area contributed by atoms with E-state index in [-0.39, 0.29) is 16.9 Å². The first-order chi connectivity index (χ1) is 6.61. The van der Waals surface area contributed by atoms with Crippen molar-refractivity contribution in [2.75, 3.05) is 6.54 Å². The molecule has 0 spiro atoms. The van der Waals surface area contributed by atoms with Crippen molar-refractivity contribution < 1.29 is 4.79 Å². The van der Waals surface area contributed by atoms with Gasteiger partial charge in [0.25, 0.3) is 5.91 Å². The summed E-state index contributed by atoms with van der Waals surface area (Å²) in [6.45, 7) is 0.283. The van der Waals surface area contributed by atoms with E-state index >= 15 is 0 Å². The highest BCUT2D eigenvalue weighted by Crippen LogP contribution is 2.20. The van der Waals surface area contributed by atoms with Gasteiger partial charge < -0.3 is 5.32 Å². The Balaban J connectivity index is 2.52. The van der Waals surface area contributed by atoms with Crippen molar-refractivity contribution in [2.45, 2.75) is 0 Å². The molecular formula is C7H5BrCl2N2OS. The van der Waals surface area contributed by atoms with Gasteiger partial charge >= 0.3 is 0 Å². The minimum atomic E-state index is -0.260. The van der Waals surface area contributed by atoms with Gasteiger partial charge in [-0.25, -0.2) is 4.98 Å². The summed E-state index contributed by atoms with van der Waals surface area (Å²) in [6, 6.07) is 0. The second-order valence-corrected chi connectivity index (χ2v) is 5.36. The molecule has 0 atom stereocenters. The molecule has 1 rings (SSSR count). The Hall–Kier alpha value is -0.100. The molecule has 1 heterocycles. The van der Waals surface area contributed by atoms with Crippen LogP contribution in [-0.2, 0) is 0 Å². The predicted molar refractivity (Wildman–Crippen MR) is 61.9 cm³/mol. The number of rotatable bonds is 3. The molecule has 0 aliphatic rings. The third kappa shape index (κ3) is 3.57. The number of nitrogens with one attached hydrogen (secondary N) is 1. The molecule has 1 aromatic rings. The Bertz CT molecular complexity index is 362. The van der Waals surface area contributed by atoms with Gasteiger partial charge in [-0.05, 0) is 22.0 Å². The third-order valence-electron chi connectivity index (χ3n) is 1.26. The zero-order chi connectivity index (χ0) is 10.6. The SMILES string of the molecule is O=C(NCC=C(Cl)Cl)c1ncsc1Br. The van der Waals surface area contributed by atoms with E-state index in [0.717, 1.165) is 0 Å². The summed E-state index contributed by atoms with van der Waals surface area (Å²) in [6.07, 6.45) is 1.49. The molecule has 1 N–H and O–H groups in total. The average molecular weight is 316 g/mol. The smallest absolute Gasteiger partial charge is 0.272 e. The maximum absolute atomic E-state index is 11.4. The van der Waals surface area contributed by atoms with Gasteiger partial charge in [0.2, 0.25) is 0 Å². The van der Waals surface area contributed by atoms with Gasteiger partial charge in [0.15, 0.2) is 5.69 Å². The summed E-state index contributed by atoms with van der Waals surface area (Å²) in [5.41, 5.74) is 1.96. The van der Waals surface area contributed by atoms with Gasteiger partial charge in [-0.2, -0.15) is 0 Å². The van der Waals surface area contributed by atoms with Gasteiger partial charge in [0.1, 0.15) is 8.28 Å². The number of nitrogens with zero attached hydrogens (tertiary/aromatic N) is 1. The van der Waals surface area contributed by atoms with Gasteiger partial charge in [-0.3, -0.25) is 4.79 Å². The molecule has 3 nitrogen and oxygen atoms in total. The summed E-state index contributed by atoms with van der Waals surface area (Å²) in [7, 11) is 0. The van der Waals surface area contributed by atoms with Crippen LogP contribution in [0.15, 0.2) is 19.9 Å². The predicted octanol–water partition coefficient (Wildman–Crippen LogP) is 2.95. The number of hydrogen-bond donors (Lipinski definition) is 1. The number of aromatic nitrogens is 1. The second kappa shape index (κ2) is 5.70. The Morgan fingerprint density at radius 2 is 2.43 bits per heavy atom. The number of carbonyl (C=O) groups is 1. The summed E-state index contributed by atoms with van der Waals surface area (Å²) in [5, 5.41) is 2.59. The minimum Gasteiger partial charge on any atom is -0.347 e. The van der Waals surface area contributed by atoms with Crippen LogP contribution in [0.3, 0.4) is 0 Å². The number of carbonyl (C=O) groups excluding carboxylic acids is 1. The van der Waals surface area contributed by atoms with Crippen LogP contribution in [-0.4, -0.2) is 17.4 Å². The number of thiazole rings is 1. The fraction of sp³-hybridized carbons (Fsp3) is 0.143. The van der Waals surface area contributed by atoms with Crippen LogP contribution in [0, 0.1) is 0 Å². The lowest BCUT2D eigenvalue weighted by atomic mass is 10.4. The molecular weight excluding hydrogens is 311 g/mol. The van der Waals surface area contributed by atoms with E-state index in [2.05, 4.69) is 26.2 Å². The van der Waals surface area contributed by atoms with Crippen molar-refractivity contribution >= 4 is 56.4 Å². The molecule has 0 bridgehead atoms. The highest BCUT2D eigenvalue weighted by molar-refractivity contribution is 9.11. The summed E-state index contributed by atoms with van der Waals surface area (Å²) < 4.78 is 0.832. The molecule has 0 fully saturated rings. The van der Waals surface area contributed by atoms with Crippen molar-refractivity contribution in [1.82, 2.24) is 10.3 Å². The van der Waals surface area contributed by atoms with E-state index in [9.17, 15) is 4.79 Å². The average Bonchev–Trinajstić information content (AvgIpc) is 2.50. The Kier molecular flexibility index (Phi) is 4.88. The molecule has 0 unspecified atom stereocenters. The zero-order valence-corrected chi connectivity index (χ0v) is 10.7. The maximum Gasteiger partial charge on any atom is 0.272 e. The monoisotopic (exact) mass is 314 g/mol. The Labute approximate surface area is 103 Å². The van der Waals surface area contributed by atoms with Gasteiger partial charge in [0, 0.05) is 6.54 Å². The van der Waals surface area contributed by atoms with Crippen molar-refractivity contribution in [1.29, 1.82) is 0 Å². The van der Waals surface area contributed by atoms with Gasteiger partial charge in [0.05, 0.1) is 5.51 Å². The molecule has 0 aromatic carbocycles. The van der Waals surface area contributed by atoms with E-state index in [1.54, 1.807) is 5.51 Å². The second-order valence-electron chi connectivity index (χ2n) is 2.18. The summed E-state index contributed by atoms with van der Waals surface area (Å²) in [5.74, 6) is -0.260. The molecule has 0 aliphatic carbocycles. The standard InChI is InChI=1S/C7H5BrCl2N2OS/c8-6-5(12-3-14-6)7(13)11-2-1-4(9)10/h1,3H,2H2,(H,11,13). The van der Waals surface area contributed by atoms with Crippen molar-refractivity contribution in [3.8, 4) is 0 Å².